The second kappa shape index (κ2) is 7.34. The molecular weight excluding hydrogens is 285 g/mol. The van der Waals surface area contributed by atoms with E-state index in [0.29, 0.717) is 21.9 Å². The highest BCUT2D eigenvalue weighted by Crippen LogP contribution is 2.31. The summed E-state index contributed by atoms with van der Waals surface area (Å²) < 4.78 is 11.3. The zero-order valence-corrected chi connectivity index (χ0v) is 12.5. The highest BCUT2D eigenvalue weighted by Gasteiger charge is 2.15. The smallest absolute Gasteiger partial charge is 0.139 e. The fourth-order valence-corrected chi connectivity index (χ4v) is 2.42. The molecule has 2 rings (SSSR count). The van der Waals surface area contributed by atoms with Crippen LogP contribution in [-0.2, 0) is 4.74 Å². The minimum atomic E-state index is 0.0253. The van der Waals surface area contributed by atoms with Gasteiger partial charge >= 0.3 is 0 Å². The molecule has 0 spiro atoms. The molecule has 0 radical (unpaired) electrons. The van der Waals surface area contributed by atoms with Gasteiger partial charge in [-0.15, -0.1) is 0 Å². The van der Waals surface area contributed by atoms with Crippen molar-refractivity contribution in [2.45, 2.75) is 32.0 Å². The summed E-state index contributed by atoms with van der Waals surface area (Å²) in [6.45, 7) is 4.51. The van der Waals surface area contributed by atoms with Crippen LogP contribution in [0.3, 0.4) is 0 Å². The van der Waals surface area contributed by atoms with Crippen LogP contribution in [0.1, 0.15) is 19.8 Å². The summed E-state index contributed by atoms with van der Waals surface area (Å²) >= 11 is 12.0. The van der Waals surface area contributed by atoms with E-state index in [0.717, 1.165) is 32.5 Å². The molecule has 106 valence electrons. The summed E-state index contributed by atoms with van der Waals surface area (Å²) in [5.74, 6) is 0.626. The Kier molecular flexibility index (Phi) is 5.76. The maximum Gasteiger partial charge on any atom is 0.139 e. The van der Waals surface area contributed by atoms with E-state index < -0.39 is 0 Å². The molecule has 1 aromatic rings. The Bertz CT molecular complexity index is 408. The van der Waals surface area contributed by atoms with Crippen molar-refractivity contribution in [3.05, 3.63) is 28.2 Å². The maximum atomic E-state index is 6.08. The predicted molar refractivity (Wildman–Crippen MR) is 78.4 cm³/mol. The van der Waals surface area contributed by atoms with Crippen LogP contribution in [-0.4, -0.2) is 31.9 Å². The minimum absolute atomic E-state index is 0.0253. The second-order valence-electron chi connectivity index (χ2n) is 4.77. The van der Waals surface area contributed by atoms with Gasteiger partial charge in [0.05, 0.1) is 11.1 Å². The van der Waals surface area contributed by atoms with E-state index >= 15 is 0 Å². The third-order valence-corrected chi connectivity index (χ3v) is 3.87. The van der Waals surface area contributed by atoms with Crippen LogP contribution in [0, 0.1) is 0 Å². The summed E-state index contributed by atoms with van der Waals surface area (Å²) in [6, 6.07) is 5.40. The summed E-state index contributed by atoms with van der Waals surface area (Å²) in [7, 11) is 0. The number of rotatable bonds is 6. The van der Waals surface area contributed by atoms with Gasteiger partial charge < -0.3 is 14.8 Å². The quantitative estimate of drug-likeness (QED) is 0.872. The first-order valence-electron chi connectivity index (χ1n) is 6.60. The molecule has 2 atom stereocenters. The van der Waals surface area contributed by atoms with E-state index in [9.17, 15) is 0 Å². The van der Waals surface area contributed by atoms with E-state index in [1.807, 2.05) is 19.1 Å². The number of nitrogens with one attached hydrogen (secondary N) is 1. The lowest BCUT2D eigenvalue weighted by Gasteiger charge is -2.18. The molecule has 1 saturated heterocycles. The number of ether oxygens (including phenoxy) is 2. The Labute approximate surface area is 124 Å². The molecule has 0 aliphatic carbocycles. The van der Waals surface area contributed by atoms with Gasteiger partial charge in [0, 0.05) is 19.7 Å². The van der Waals surface area contributed by atoms with E-state index in [1.165, 1.54) is 0 Å². The Morgan fingerprint density at radius 2 is 2.32 bits per heavy atom. The van der Waals surface area contributed by atoms with Crippen molar-refractivity contribution in [1.29, 1.82) is 0 Å². The molecule has 1 aliphatic rings. The molecule has 0 aromatic heterocycles. The first kappa shape index (κ1) is 14.9. The molecule has 3 nitrogen and oxygen atoms in total. The monoisotopic (exact) mass is 303 g/mol. The topological polar surface area (TPSA) is 30.5 Å². The Balaban J connectivity index is 1.74. The Hall–Kier alpha value is -0.480. The molecule has 2 unspecified atom stereocenters. The molecule has 1 aliphatic heterocycles. The largest absolute Gasteiger partial charge is 0.488 e. The van der Waals surface area contributed by atoms with Crippen molar-refractivity contribution < 1.29 is 9.47 Å². The summed E-state index contributed by atoms with van der Waals surface area (Å²) in [6.07, 6.45) is 2.68. The van der Waals surface area contributed by atoms with Crippen LogP contribution < -0.4 is 10.1 Å². The highest BCUT2D eigenvalue weighted by molar-refractivity contribution is 6.42. The van der Waals surface area contributed by atoms with Crippen molar-refractivity contribution >= 4 is 23.2 Å². The summed E-state index contributed by atoms with van der Waals surface area (Å²) in [5.41, 5.74) is 0. The van der Waals surface area contributed by atoms with Gasteiger partial charge in [-0.3, -0.25) is 0 Å². The van der Waals surface area contributed by atoms with Crippen molar-refractivity contribution in [2.75, 3.05) is 19.7 Å². The standard InChI is InChI=1S/C14H19Cl2NO2/c1-10(8-17-9-11-4-3-7-18-11)19-13-6-2-5-12(15)14(13)16/h2,5-6,10-11,17H,3-4,7-9H2,1H3. The fourth-order valence-electron chi connectivity index (χ4n) is 2.09. The first-order chi connectivity index (χ1) is 9.16. The van der Waals surface area contributed by atoms with Crippen LogP contribution in [0.15, 0.2) is 18.2 Å². The van der Waals surface area contributed by atoms with Crippen molar-refractivity contribution in [3.8, 4) is 5.75 Å². The van der Waals surface area contributed by atoms with Crippen LogP contribution in [0.25, 0.3) is 0 Å². The third-order valence-electron chi connectivity index (χ3n) is 3.07. The van der Waals surface area contributed by atoms with Crippen LogP contribution in [0.4, 0.5) is 0 Å². The van der Waals surface area contributed by atoms with Gasteiger partial charge in [-0.2, -0.15) is 0 Å². The SMILES string of the molecule is CC(CNCC1CCCO1)Oc1cccc(Cl)c1Cl. The lowest BCUT2D eigenvalue weighted by atomic mass is 10.2. The molecule has 19 heavy (non-hydrogen) atoms. The number of benzene rings is 1. The van der Waals surface area contributed by atoms with Crippen LogP contribution in [0.2, 0.25) is 10.0 Å². The van der Waals surface area contributed by atoms with E-state index in [2.05, 4.69) is 5.32 Å². The van der Waals surface area contributed by atoms with Crippen molar-refractivity contribution in [3.63, 3.8) is 0 Å². The average Bonchev–Trinajstić information content (AvgIpc) is 2.88. The summed E-state index contributed by atoms with van der Waals surface area (Å²) in [5, 5.41) is 4.34. The van der Waals surface area contributed by atoms with Gasteiger partial charge in [-0.05, 0) is 31.9 Å². The normalized spacial score (nSPS) is 20.5. The van der Waals surface area contributed by atoms with Gasteiger partial charge in [0.25, 0.3) is 0 Å². The first-order valence-corrected chi connectivity index (χ1v) is 7.35. The van der Waals surface area contributed by atoms with Crippen LogP contribution in [0.5, 0.6) is 5.75 Å². The Morgan fingerprint density at radius 3 is 3.05 bits per heavy atom. The molecule has 0 amide bonds. The molecule has 1 fully saturated rings. The Morgan fingerprint density at radius 1 is 1.47 bits per heavy atom. The van der Waals surface area contributed by atoms with Gasteiger partial charge in [0.15, 0.2) is 0 Å². The molecule has 1 heterocycles. The van der Waals surface area contributed by atoms with Crippen molar-refractivity contribution in [1.82, 2.24) is 5.32 Å². The van der Waals surface area contributed by atoms with Crippen LogP contribution >= 0.6 is 23.2 Å². The predicted octanol–water partition coefficient (Wildman–Crippen LogP) is 3.53. The molecule has 1 N–H and O–H groups in total. The molecular formula is C14H19Cl2NO2. The summed E-state index contributed by atoms with van der Waals surface area (Å²) in [4.78, 5) is 0. The molecule has 5 heteroatoms. The van der Waals surface area contributed by atoms with E-state index in [4.69, 9.17) is 32.7 Å². The lowest BCUT2D eigenvalue weighted by molar-refractivity contribution is 0.106. The third kappa shape index (κ3) is 4.53. The number of hydrogen-bond acceptors (Lipinski definition) is 3. The fraction of sp³-hybridized carbons (Fsp3) is 0.571. The van der Waals surface area contributed by atoms with Gasteiger partial charge in [-0.1, -0.05) is 29.3 Å². The highest BCUT2D eigenvalue weighted by atomic mass is 35.5. The number of hydrogen-bond donors (Lipinski definition) is 1. The molecule has 0 bridgehead atoms. The maximum absolute atomic E-state index is 6.08. The van der Waals surface area contributed by atoms with E-state index in [-0.39, 0.29) is 6.10 Å². The van der Waals surface area contributed by atoms with Crippen molar-refractivity contribution in [2.24, 2.45) is 0 Å². The number of halogens is 2. The minimum Gasteiger partial charge on any atom is -0.488 e. The van der Waals surface area contributed by atoms with Gasteiger partial charge in [0.2, 0.25) is 0 Å². The molecule has 1 aromatic carbocycles. The van der Waals surface area contributed by atoms with E-state index in [1.54, 1.807) is 6.07 Å². The lowest BCUT2D eigenvalue weighted by Crippen LogP contribution is -2.34. The average molecular weight is 304 g/mol. The second-order valence-corrected chi connectivity index (χ2v) is 5.56. The van der Waals surface area contributed by atoms with Gasteiger partial charge in [0.1, 0.15) is 16.9 Å². The molecule has 0 saturated carbocycles. The van der Waals surface area contributed by atoms with Gasteiger partial charge in [-0.25, -0.2) is 0 Å². The zero-order chi connectivity index (χ0) is 13.7. The zero-order valence-electron chi connectivity index (χ0n) is 11.0.